The number of carbonyl (C=O) groups excluding carboxylic acids is 2. The number of rotatable bonds is 5. The molecule has 0 atom stereocenters. The van der Waals surface area contributed by atoms with E-state index in [0.29, 0.717) is 38.6 Å². The maximum atomic E-state index is 12.6. The highest BCUT2D eigenvalue weighted by Crippen LogP contribution is 2.23. The van der Waals surface area contributed by atoms with E-state index in [1.165, 1.54) is 0 Å². The van der Waals surface area contributed by atoms with Gasteiger partial charge in [0, 0.05) is 18.8 Å². The fourth-order valence-corrected chi connectivity index (χ4v) is 2.35. The van der Waals surface area contributed by atoms with Gasteiger partial charge in [-0.2, -0.15) is 0 Å². The zero-order chi connectivity index (χ0) is 16.9. The number of nitrogens with one attached hydrogen (secondary N) is 1. The molecule has 6 nitrogen and oxygen atoms in total. The summed E-state index contributed by atoms with van der Waals surface area (Å²) in [6, 6.07) is 7.10. The normalized spacial score (nSPS) is 15.2. The number of anilines is 1. The van der Waals surface area contributed by atoms with Crippen molar-refractivity contribution in [3.63, 3.8) is 0 Å². The molecule has 23 heavy (non-hydrogen) atoms. The van der Waals surface area contributed by atoms with Gasteiger partial charge in [-0.15, -0.1) is 0 Å². The van der Waals surface area contributed by atoms with Crippen LogP contribution >= 0.6 is 0 Å². The largest absolute Gasteiger partial charge is 0.494 e. The van der Waals surface area contributed by atoms with E-state index in [2.05, 4.69) is 5.32 Å². The van der Waals surface area contributed by atoms with Gasteiger partial charge < -0.3 is 19.7 Å². The first-order chi connectivity index (χ1) is 10.9. The highest BCUT2D eigenvalue weighted by atomic mass is 16.5. The van der Waals surface area contributed by atoms with Crippen LogP contribution in [0.15, 0.2) is 24.3 Å². The second-order valence-corrected chi connectivity index (χ2v) is 5.94. The number of morpholine rings is 1. The third-order valence-electron chi connectivity index (χ3n) is 3.82. The average Bonchev–Trinajstić information content (AvgIpc) is 2.57. The summed E-state index contributed by atoms with van der Waals surface area (Å²) in [4.78, 5) is 26.8. The van der Waals surface area contributed by atoms with Crippen LogP contribution in [-0.2, 0) is 14.3 Å². The smallest absolute Gasteiger partial charge is 0.239 e. The van der Waals surface area contributed by atoms with Gasteiger partial charge in [-0.1, -0.05) is 0 Å². The van der Waals surface area contributed by atoms with Crippen LogP contribution in [-0.4, -0.2) is 49.6 Å². The van der Waals surface area contributed by atoms with Crippen molar-refractivity contribution in [3.05, 3.63) is 24.3 Å². The van der Waals surface area contributed by atoms with Crippen molar-refractivity contribution in [2.24, 2.45) is 5.41 Å². The van der Waals surface area contributed by atoms with E-state index in [-0.39, 0.29) is 11.8 Å². The molecular formula is C17H24N2O4. The highest BCUT2D eigenvalue weighted by molar-refractivity contribution is 6.09. The number of carbonyl (C=O) groups is 2. The van der Waals surface area contributed by atoms with E-state index in [1.54, 1.807) is 43.0 Å². The lowest BCUT2D eigenvalue weighted by atomic mass is 9.90. The monoisotopic (exact) mass is 320 g/mol. The Morgan fingerprint density at radius 3 is 2.39 bits per heavy atom. The summed E-state index contributed by atoms with van der Waals surface area (Å²) < 4.78 is 10.6. The Balaban J connectivity index is 2.01. The molecule has 0 spiro atoms. The highest BCUT2D eigenvalue weighted by Gasteiger charge is 2.39. The van der Waals surface area contributed by atoms with Crippen molar-refractivity contribution < 1.29 is 19.1 Å². The van der Waals surface area contributed by atoms with Gasteiger partial charge in [-0.05, 0) is 45.0 Å². The number of hydrogen-bond donors (Lipinski definition) is 1. The summed E-state index contributed by atoms with van der Waals surface area (Å²) in [5.74, 6) is 0.247. The molecular weight excluding hydrogens is 296 g/mol. The summed E-state index contributed by atoms with van der Waals surface area (Å²) >= 11 is 0. The molecule has 1 heterocycles. The van der Waals surface area contributed by atoms with Crippen LogP contribution in [0.1, 0.15) is 20.8 Å². The van der Waals surface area contributed by atoms with E-state index < -0.39 is 5.41 Å². The first-order valence-corrected chi connectivity index (χ1v) is 7.86. The summed E-state index contributed by atoms with van der Waals surface area (Å²) in [5.41, 5.74) is -0.489. The molecule has 0 aromatic heterocycles. The molecule has 0 aliphatic carbocycles. The molecule has 1 fully saturated rings. The van der Waals surface area contributed by atoms with Gasteiger partial charge in [0.2, 0.25) is 11.8 Å². The molecule has 1 aliphatic rings. The second kappa shape index (κ2) is 7.46. The molecule has 126 valence electrons. The first kappa shape index (κ1) is 17.3. The average molecular weight is 320 g/mol. The minimum absolute atomic E-state index is 0.177. The third kappa shape index (κ3) is 4.22. The molecule has 6 heteroatoms. The lowest BCUT2D eigenvalue weighted by molar-refractivity contribution is -0.149. The van der Waals surface area contributed by atoms with Gasteiger partial charge in [0.25, 0.3) is 0 Å². The van der Waals surface area contributed by atoms with Crippen molar-refractivity contribution in [1.29, 1.82) is 0 Å². The fraction of sp³-hybridized carbons (Fsp3) is 0.529. The Morgan fingerprint density at radius 2 is 1.83 bits per heavy atom. The Morgan fingerprint density at radius 1 is 1.22 bits per heavy atom. The van der Waals surface area contributed by atoms with Crippen LogP contribution in [0, 0.1) is 5.41 Å². The van der Waals surface area contributed by atoms with Crippen molar-refractivity contribution in [1.82, 2.24) is 4.90 Å². The molecule has 1 aromatic rings. The van der Waals surface area contributed by atoms with Crippen molar-refractivity contribution in [2.75, 3.05) is 38.2 Å². The lowest BCUT2D eigenvalue weighted by Gasteiger charge is -2.33. The molecule has 2 amide bonds. The molecule has 1 N–H and O–H groups in total. The number of ether oxygens (including phenoxy) is 2. The van der Waals surface area contributed by atoms with Gasteiger partial charge >= 0.3 is 0 Å². The van der Waals surface area contributed by atoms with Crippen LogP contribution in [0.25, 0.3) is 0 Å². The molecule has 1 aromatic carbocycles. The molecule has 0 unspecified atom stereocenters. The van der Waals surface area contributed by atoms with Crippen molar-refractivity contribution >= 4 is 17.5 Å². The van der Waals surface area contributed by atoms with E-state index in [1.807, 2.05) is 6.92 Å². The van der Waals surface area contributed by atoms with Crippen molar-refractivity contribution in [2.45, 2.75) is 20.8 Å². The lowest BCUT2D eigenvalue weighted by Crippen LogP contribution is -2.51. The number of hydrogen-bond acceptors (Lipinski definition) is 4. The quantitative estimate of drug-likeness (QED) is 0.842. The summed E-state index contributed by atoms with van der Waals surface area (Å²) in [6.07, 6.45) is 0. The van der Waals surface area contributed by atoms with Crippen molar-refractivity contribution in [3.8, 4) is 5.75 Å². The zero-order valence-electron chi connectivity index (χ0n) is 13.9. The maximum Gasteiger partial charge on any atom is 0.239 e. The van der Waals surface area contributed by atoms with Gasteiger partial charge in [-0.3, -0.25) is 9.59 Å². The Kier molecular flexibility index (Phi) is 5.60. The van der Waals surface area contributed by atoms with Crippen LogP contribution in [0.5, 0.6) is 5.75 Å². The third-order valence-corrected chi connectivity index (χ3v) is 3.82. The molecule has 1 saturated heterocycles. The Hall–Kier alpha value is -2.08. The topological polar surface area (TPSA) is 67.9 Å². The SMILES string of the molecule is CCOc1ccc(NC(=O)C(C)(C)C(=O)N2CCOCC2)cc1. The Labute approximate surface area is 136 Å². The van der Waals surface area contributed by atoms with Gasteiger partial charge in [0.15, 0.2) is 0 Å². The molecule has 0 saturated carbocycles. The van der Waals surface area contributed by atoms with Gasteiger partial charge in [0.1, 0.15) is 11.2 Å². The van der Waals surface area contributed by atoms with Crippen LogP contribution < -0.4 is 10.1 Å². The van der Waals surface area contributed by atoms with E-state index in [4.69, 9.17) is 9.47 Å². The maximum absolute atomic E-state index is 12.6. The van der Waals surface area contributed by atoms with Crippen LogP contribution in [0.3, 0.4) is 0 Å². The number of amides is 2. The first-order valence-electron chi connectivity index (χ1n) is 7.86. The second-order valence-electron chi connectivity index (χ2n) is 5.94. The van der Waals surface area contributed by atoms with Gasteiger partial charge in [-0.25, -0.2) is 0 Å². The fourth-order valence-electron chi connectivity index (χ4n) is 2.35. The van der Waals surface area contributed by atoms with E-state index >= 15 is 0 Å². The summed E-state index contributed by atoms with van der Waals surface area (Å²) in [5, 5.41) is 2.80. The molecule has 2 rings (SSSR count). The predicted octanol–water partition coefficient (Wildman–Crippen LogP) is 1.91. The standard InChI is InChI=1S/C17H24N2O4/c1-4-23-14-7-5-13(6-8-14)18-15(20)17(2,3)16(21)19-9-11-22-12-10-19/h5-8H,4,9-12H2,1-3H3,(H,18,20). The summed E-state index contributed by atoms with van der Waals surface area (Å²) in [7, 11) is 0. The minimum Gasteiger partial charge on any atom is -0.494 e. The zero-order valence-corrected chi connectivity index (χ0v) is 13.9. The van der Waals surface area contributed by atoms with Crippen LogP contribution in [0.4, 0.5) is 5.69 Å². The molecule has 0 bridgehead atoms. The molecule has 0 radical (unpaired) electrons. The predicted molar refractivity (Wildman–Crippen MR) is 87.4 cm³/mol. The minimum atomic E-state index is -1.13. The van der Waals surface area contributed by atoms with Gasteiger partial charge in [0.05, 0.1) is 19.8 Å². The Bertz CT molecular complexity index is 548. The summed E-state index contributed by atoms with van der Waals surface area (Å²) in [6.45, 7) is 7.88. The number of benzene rings is 1. The van der Waals surface area contributed by atoms with Crippen LogP contribution in [0.2, 0.25) is 0 Å². The van der Waals surface area contributed by atoms with E-state index in [9.17, 15) is 9.59 Å². The van der Waals surface area contributed by atoms with E-state index in [0.717, 1.165) is 5.75 Å². The number of nitrogens with zero attached hydrogens (tertiary/aromatic N) is 1. The molecule has 1 aliphatic heterocycles.